The van der Waals surface area contributed by atoms with Gasteiger partial charge in [-0.05, 0) is 53.0 Å². The zero-order valence-corrected chi connectivity index (χ0v) is 10.4. The standard InChI is InChI=1S/C11H16BrNO/c1-11(2)7(6-13-3)10(11)8-4-5-9(12)14-8/h4-5,7,10,13H,6H2,1-3H3. The van der Waals surface area contributed by atoms with E-state index < -0.39 is 0 Å². The van der Waals surface area contributed by atoms with Crippen LogP contribution in [0.4, 0.5) is 0 Å². The second-order valence-electron chi connectivity index (χ2n) is 4.61. The fourth-order valence-electron chi connectivity index (χ4n) is 2.41. The third kappa shape index (κ3) is 1.52. The maximum Gasteiger partial charge on any atom is 0.169 e. The van der Waals surface area contributed by atoms with E-state index in [9.17, 15) is 0 Å². The first-order valence-corrected chi connectivity index (χ1v) is 5.76. The Kier molecular flexibility index (Phi) is 2.48. The summed E-state index contributed by atoms with van der Waals surface area (Å²) in [6.07, 6.45) is 0. The van der Waals surface area contributed by atoms with Crippen LogP contribution in [0.15, 0.2) is 21.2 Å². The molecular formula is C11H16BrNO. The molecule has 1 aromatic rings. The van der Waals surface area contributed by atoms with Gasteiger partial charge in [0.2, 0.25) is 0 Å². The predicted octanol–water partition coefficient (Wildman–Crippen LogP) is 3.00. The fraction of sp³-hybridized carbons (Fsp3) is 0.636. The van der Waals surface area contributed by atoms with Crippen molar-refractivity contribution in [3.63, 3.8) is 0 Å². The molecule has 1 saturated carbocycles. The van der Waals surface area contributed by atoms with Crippen LogP contribution in [0.1, 0.15) is 25.5 Å². The molecule has 2 nitrogen and oxygen atoms in total. The molecule has 1 aromatic heterocycles. The molecule has 1 aliphatic carbocycles. The first kappa shape index (κ1) is 10.2. The second-order valence-corrected chi connectivity index (χ2v) is 5.39. The Balaban J connectivity index is 2.14. The molecule has 3 heteroatoms. The summed E-state index contributed by atoms with van der Waals surface area (Å²) in [7, 11) is 2.00. The molecule has 1 heterocycles. The summed E-state index contributed by atoms with van der Waals surface area (Å²) in [5.41, 5.74) is 0.375. The van der Waals surface area contributed by atoms with Crippen LogP contribution < -0.4 is 5.32 Å². The van der Waals surface area contributed by atoms with Gasteiger partial charge in [0.15, 0.2) is 4.67 Å². The van der Waals surface area contributed by atoms with Gasteiger partial charge in [0, 0.05) is 5.92 Å². The maximum absolute atomic E-state index is 5.61. The molecule has 1 fully saturated rings. The highest BCUT2D eigenvalue weighted by atomic mass is 79.9. The van der Waals surface area contributed by atoms with E-state index in [0.717, 1.165) is 17.0 Å². The molecular weight excluding hydrogens is 242 g/mol. The van der Waals surface area contributed by atoms with E-state index in [1.165, 1.54) is 0 Å². The van der Waals surface area contributed by atoms with Crippen molar-refractivity contribution in [1.29, 1.82) is 0 Å². The molecule has 0 saturated heterocycles. The van der Waals surface area contributed by atoms with Crippen molar-refractivity contribution < 1.29 is 4.42 Å². The molecule has 0 spiro atoms. The van der Waals surface area contributed by atoms with Crippen molar-refractivity contribution in [2.75, 3.05) is 13.6 Å². The summed E-state index contributed by atoms with van der Waals surface area (Å²) < 4.78 is 6.44. The summed E-state index contributed by atoms with van der Waals surface area (Å²) in [6, 6.07) is 4.05. The van der Waals surface area contributed by atoms with Gasteiger partial charge < -0.3 is 9.73 Å². The fourth-order valence-corrected chi connectivity index (χ4v) is 2.72. The van der Waals surface area contributed by atoms with Crippen molar-refractivity contribution in [3.05, 3.63) is 22.6 Å². The lowest BCUT2D eigenvalue weighted by Crippen LogP contribution is -2.12. The molecule has 14 heavy (non-hydrogen) atoms. The zero-order valence-electron chi connectivity index (χ0n) is 8.80. The van der Waals surface area contributed by atoms with E-state index in [2.05, 4.69) is 41.2 Å². The van der Waals surface area contributed by atoms with Crippen molar-refractivity contribution in [2.24, 2.45) is 11.3 Å². The highest BCUT2D eigenvalue weighted by Gasteiger charge is 2.59. The smallest absolute Gasteiger partial charge is 0.169 e. The predicted molar refractivity (Wildman–Crippen MR) is 60.3 cm³/mol. The van der Waals surface area contributed by atoms with Gasteiger partial charge in [-0.1, -0.05) is 13.8 Å². The monoisotopic (exact) mass is 257 g/mol. The Hall–Kier alpha value is -0.280. The average Bonchev–Trinajstić information content (AvgIpc) is 2.46. The Labute approximate surface area is 93.2 Å². The lowest BCUT2D eigenvalue weighted by atomic mass is 10.1. The van der Waals surface area contributed by atoms with Crippen LogP contribution in [0, 0.1) is 11.3 Å². The third-order valence-corrected chi connectivity index (χ3v) is 3.80. The molecule has 0 aromatic carbocycles. The minimum absolute atomic E-state index is 0.375. The molecule has 2 atom stereocenters. The van der Waals surface area contributed by atoms with E-state index in [4.69, 9.17) is 4.42 Å². The molecule has 78 valence electrons. The van der Waals surface area contributed by atoms with Crippen LogP contribution in [0.25, 0.3) is 0 Å². The summed E-state index contributed by atoms with van der Waals surface area (Å²) in [5.74, 6) is 2.38. The molecule has 0 amide bonds. The molecule has 2 unspecified atom stereocenters. The highest BCUT2D eigenvalue weighted by Crippen LogP contribution is 2.64. The van der Waals surface area contributed by atoms with E-state index in [-0.39, 0.29) is 0 Å². The van der Waals surface area contributed by atoms with Crippen molar-refractivity contribution >= 4 is 15.9 Å². The molecule has 0 radical (unpaired) electrons. The first-order valence-electron chi connectivity index (χ1n) is 4.97. The SMILES string of the molecule is CNCC1C(c2ccc(Br)o2)C1(C)C. The summed E-state index contributed by atoms with van der Waals surface area (Å²) in [6.45, 7) is 5.67. The minimum Gasteiger partial charge on any atom is -0.454 e. The number of hydrogen-bond donors (Lipinski definition) is 1. The van der Waals surface area contributed by atoms with Crippen LogP contribution in [-0.2, 0) is 0 Å². The van der Waals surface area contributed by atoms with E-state index >= 15 is 0 Å². The number of rotatable bonds is 3. The van der Waals surface area contributed by atoms with Gasteiger partial charge >= 0.3 is 0 Å². The lowest BCUT2D eigenvalue weighted by molar-refractivity contribution is 0.465. The minimum atomic E-state index is 0.375. The summed E-state index contributed by atoms with van der Waals surface area (Å²) in [4.78, 5) is 0. The first-order chi connectivity index (χ1) is 6.57. The van der Waals surface area contributed by atoms with Crippen molar-refractivity contribution in [1.82, 2.24) is 5.32 Å². The molecule has 2 rings (SSSR count). The van der Waals surface area contributed by atoms with Gasteiger partial charge in [0.1, 0.15) is 5.76 Å². The van der Waals surface area contributed by atoms with Crippen molar-refractivity contribution in [3.8, 4) is 0 Å². The van der Waals surface area contributed by atoms with E-state index in [1.54, 1.807) is 0 Å². The average molecular weight is 258 g/mol. The maximum atomic E-state index is 5.61. The highest BCUT2D eigenvalue weighted by molar-refractivity contribution is 9.10. The van der Waals surface area contributed by atoms with Crippen molar-refractivity contribution in [2.45, 2.75) is 19.8 Å². The molecule has 0 aliphatic heterocycles. The molecule has 1 N–H and O–H groups in total. The van der Waals surface area contributed by atoms with E-state index in [0.29, 0.717) is 17.3 Å². The quantitative estimate of drug-likeness (QED) is 0.901. The van der Waals surface area contributed by atoms with Gasteiger partial charge in [-0.3, -0.25) is 0 Å². The zero-order chi connectivity index (χ0) is 10.3. The Morgan fingerprint density at radius 1 is 1.50 bits per heavy atom. The normalized spacial score (nSPS) is 29.1. The van der Waals surface area contributed by atoms with Crippen LogP contribution in [-0.4, -0.2) is 13.6 Å². The van der Waals surface area contributed by atoms with Gasteiger partial charge in [0.05, 0.1) is 0 Å². The van der Waals surface area contributed by atoms with Gasteiger partial charge in [0.25, 0.3) is 0 Å². The second kappa shape index (κ2) is 3.38. The Morgan fingerprint density at radius 3 is 2.71 bits per heavy atom. The number of halogens is 1. The molecule has 1 aliphatic rings. The van der Waals surface area contributed by atoms with Gasteiger partial charge in [-0.15, -0.1) is 0 Å². The number of nitrogens with one attached hydrogen (secondary N) is 1. The number of hydrogen-bond acceptors (Lipinski definition) is 2. The van der Waals surface area contributed by atoms with Gasteiger partial charge in [-0.25, -0.2) is 0 Å². The third-order valence-electron chi connectivity index (χ3n) is 3.38. The largest absolute Gasteiger partial charge is 0.454 e. The summed E-state index contributed by atoms with van der Waals surface area (Å²) in [5, 5.41) is 3.24. The van der Waals surface area contributed by atoms with Crippen LogP contribution in [0.2, 0.25) is 0 Å². The number of furan rings is 1. The van der Waals surface area contributed by atoms with E-state index in [1.807, 2.05) is 13.1 Å². The Morgan fingerprint density at radius 2 is 2.21 bits per heavy atom. The van der Waals surface area contributed by atoms with Crippen LogP contribution >= 0.6 is 15.9 Å². The lowest BCUT2D eigenvalue weighted by Gasteiger charge is -1.99. The topological polar surface area (TPSA) is 25.2 Å². The van der Waals surface area contributed by atoms with Crippen LogP contribution in [0.3, 0.4) is 0 Å². The molecule has 0 bridgehead atoms. The van der Waals surface area contributed by atoms with Crippen LogP contribution in [0.5, 0.6) is 0 Å². The summed E-state index contributed by atoms with van der Waals surface area (Å²) >= 11 is 3.34. The van der Waals surface area contributed by atoms with Gasteiger partial charge in [-0.2, -0.15) is 0 Å². The Bertz CT molecular complexity index is 332.